The first kappa shape index (κ1) is 18.5. The monoisotopic (exact) mass is 379 g/mol. The van der Waals surface area contributed by atoms with E-state index in [0.29, 0.717) is 17.1 Å². The fraction of sp³-hybridized carbons (Fsp3) is 0.364. The predicted octanol–water partition coefficient (Wildman–Crippen LogP) is 3.68. The number of carbonyl (C=O) groups excluding carboxylic acids is 1. The largest absolute Gasteiger partial charge is 0.497 e. The van der Waals surface area contributed by atoms with Crippen molar-refractivity contribution in [1.29, 1.82) is 0 Å². The molecule has 0 radical (unpaired) electrons. The summed E-state index contributed by atoms with van der Waals surface area (Å²) in [5.41, 5.74) is 2.65. The molecule has 146 valence electrons. The second-order valence-electron chi connectivity index (χ2n) is 7.21. The van der Waals surface area contributed by atoms with E-state index in [4.69, 9.17) is 9.47 Å². The van der Waals surface area contributed by atoms with Gasteiger partial charge in [-0.3, -0.25) is 9.69 Å². The molecule has 3 aromatic rings. The Morgan fingerprint density at radius 1 is 1.21 bits per heavy atom. The number of hydrogen-bond acceptors (Lipinski definition) is 5. The van der Waals surface area contributed by atoms with E-state index >= 15 is 0 Å². The molecule has 1 aliphatic heterocycles. The highest BCUT2D eigenvalue weighted by atomic mass is 16.5. The molecule has 0 unspecified atom stereocenters. The Bertz CT molecular complexity index is 949. The number of nitrogens with zero attached hydrogens (tertiary/aromatic N) is 2. The van der Waals surface area contributed by atoms with E-state index in [2.05, 4.69) is 14.9 Å². The predicted molar refractivity (Wildman–Crippen MR) is 108 cm³/mol. The first-order valence-electron chi connectivity index (χ1n) is 9.60. The van der Waals surface area contributed by atoms with Crippen LogP contribution in [-0.2, 0) is 6.54 Å². The molecule has 0 saturated carbocycles. The second kappa shape index (κ2) is 8.02. The third-order valence-electron chi connectivity index (χ3n) is 5.36. The number of likely N-dealkylation sites (tertiary alicyclic amines) is 1. The average molecular weight is 379 g/mol. The lowest BCUT2D eigenvalue weighted by atomic mass is 9.89. The van der Waals surface area contributed by atoms with Crippen molar-refractivity contribution < 1.29 is 14.3 Å². The van der Waals surface area contributed by atoms with E-state index in [-0.39, 0.29) is 11.7 Å². The molecule has 0 bridgehead atoms. The highest BCUT2D eigenvalue weighted by Gasteiger charge is 2.29. The average Bonchev–Trinajstić information content (AvgIpc) is 3.15. The number of aromatic nitrogens is 2. The van der Waals surface area contributed by atoms with Gasteiger partial charge in [-0.2, -0.15) is 0 Å². The molecule has 0 spiro atoms. The number of nitrogens with one attached hydrogen (secondary N) is 1. The van der Waals surface area contributed by atoms with Gasteiger partial charge in [0.2, 0.25) is 0 Å². The summed E-state index contributed by atoms with van der Waals surface area (Å²) < 4.78 is 10.7. The lowest BCUT2D eigenvalue weighted by Gasteiger charge is -2.31. The molecule has 1 aliphatic rings. The fourth-order valence-corrected chi connectivity index (χ4v) is 3.93. The summed E-state index contributed by atoms with van der Waals surface area (Å²) in [6.07, 6.45) is 1.89. The van der Waals surface area contributed by atoms with E-state index in [0.717, 1.165) is 49.3 Å². The molecular formula is C22H25N3O3. The van der Waals surface area contributed by atoms with Gasteiger partial charge < -0.3 is 14.5 Å². The van der Waals surface area contributed by atoms with Gasteiger partial charge in [0.1, 0.15) is 17.3 Å². The van der Waals surface area contributed by atoms with E-state index in [1.54, 1.807) is 26.4 Å². The third-order valence-corrected chi connectivity index (χ3v) is 5.36. The number of Topliss-reactive ketones (excluding diaryl/α,β-unsaturated/α-hetero) is 1. The van der Waals surface area contributed by atoms with Crippen LogP contribution in [-0.4, -0.2) is 48.0 Å². The van der Waals surface area contributed by atoms with E-state index in [9.17, 15) is 4.79 Å². The Hall–Kier alpha value is -2.86. The number of ketones is 1. The van der Waals surface area contributed by atoms with Gasteiger partial charge in [0.25, 0.3) is 0 Å². The number of hydrogen-bond donors (Lipinski definition) is 1. The van der Waals surface area contributed by atoms with Crippen LogP contribution in [0.1, 0.15) is 29.0 Å². The molecule has 0 aliphatic carbocycles. The summed E-state index contributed by atoms with van der Waals surface area (Å²) in [5.74, 6) is 2.29. The first-order valence-corrected chi connectivity index (χ1v) is 9.60. The number of aromatic amines is 1. The van der Waals surface area contributed by atoms with Gasteiger partial charge in [-0.05, 0) is 43.7 Å². The van der Waals surface area contributed by atoms with E-state index < -0.39 is 0 Å². The number of ether oxygens (including phenoxy) is 2. The lowest BCUT2D eigenvalue weighted by molar-refractivity contribution is 0.0805. The quantitative estimate of drug-likeness (QED) is 0.662. The van der Waals surface area contributed by atoms with Crippen LogP contribution < -0.4 is 9.47 Å². The number of carbonyl (C=O) groups is 1. The summed E-state index contributed by atoms with van der Waals surface area (Å²) in [6.45, 7) is 2.42. The van der Waals surface area contributed by atoms with Crippen molar-refractivity contribution in [3.63, 3.8) is 0 Å². The Morgan fingerprint density at radius 2 is 2.07 bits per heavy atom. The molecule has 6 nitrogen and oxygen atoms in total. The summed E-state index contributed by atoms with van der Waals surface area (Å²) >= 11 is 0. The van der Waals surface area contributed by atoms with Gasteiger partial charge in [-0.1, -0.05) is 12.1 Å². The number of piperidine rings is 1. The molecule has 4 rings (SSSR count). The standard InChI is InChI=1S/C22H25N3O3/c1-27-16-9-10-17(20(12-16)28-2)22(26)15-6-5-11-25(13-15)14-21-23-18-7-3-4-8-19(18)24-21/h3-4,7-10,12,15H,5-6,11,13-14H2,1-2H3,(H,23,24)/t15-/m0/s1. The Kier molecular flexibility index (Phi) is 5.30. The molecule has 2 aromatic carbocycles. The zero-order chi connectivity index (χ0) is 19.5. The molecule has 1 atom stereocenters. The highest BCUT2D eigenvalue weighted by Crippen LogP contribution is 2.30. The van der Waals surface area contributed by atoms with Crippen molar-refractivity contribution in [1.82, 2.24) is 14.9 Å². The maximum absolute atomic E-state index is 13.1. The summed E-state index contributed by atoms with van der Waals surface area (Å²) in [6, 6.07) is 13.4. The molecular weight excluding hydrogens is 354 g/mol. The molecule has 1 aromatic heterocycles. The fourth-order valence-electron chi connectivity index (χ4n) is 3.93. The minimum Gasteiger partial charge on any atom is -0.497 e. The van der Waals surface area contributed by atoms with Crippen LogP contribution in [0.4, 0.5) is 0 Å². The van der Waals surface area contributed by atoms with Crippen LogP contribution >= 0.6 is 0 Å². The minimum atomic E-state index is -0.0413. The van der Waals surface area contributed by atoms with Crippen molar-refractivity contribution in [2.45, 2.75) is 19.4 Å². The Labute approximate surface area is 164 Å². The molecule has 1 saturated heterocycles. The smallest absolute Gasteiger partial charge is 0.170 e. The summed E-state index contributed by atoms with van der Waals surface area (Å²) in [4.78, 5) is 23.5. The Morgan fingerprint density at radius 3 is 2.86 bits per heavy atom. The number of para-hydroxylation sites is 2. The van der Waals surface area contributed by atoms with Crippen LogP contribution in [0, 0.1) is 5.92 Å². The number of methoxy groups -OCH3 is 2. The van der Waals surface area contributed by atoms with Crippen molar-refractivity contribution in [2.75, 3.05) is 27.3 Å². The zero-order valence-electron chi connectivity index (χ0n) is 16.3. The van der Waals surface area contributed by atoms with Crippen molar-refractivity contribution in [3.05, 3.63) is 53.9 Å². The lowest BCUT2D eigenvalue weighted by Crippen LogP contribution is -2.38. The van der Waals surface area contributed by atoms with Gasteiger partial charge in [-0.15, -0.1) is 0 Å². The van der Waals surface area contributed by atoms with Gasteiger partial charge >= 0.3 is 0 Å². The minimum absolute atomic E-state index is 0.0413. The normalized spacial score (nSPS) is 17.6. The van der Waals surface area contributed by atoms with Gasteiger partial charge in [0, 0.05) is 18.5 Å². The van der Waals surface area contributed by atoms with Crippen LogP contribution in [0.3, 0.4) is 0 Å². The zero-order valence-corrected chi connectivity index (χ0v) is 16.3. The van der Waals surface area contributed by atoms with Crippen LogP contribution in [0.2, 0.25) is 0 Å². The van der Waals surface area contributed by atoms with Crippen molar-refractivity contribution in [3.8, 4) is 11.5 Å². The van der Waals surface area contributed by atoms with Crippen LogP contribution in [0.15, 0.2) is 42.5 Å². The number of benzene rings is 2. The van der Waals surface area contributed by atoms with Crippen molar-refractivity contribution in [2.24, 2.45) is 5.92 Å². The number of imidazole rings is 1. The number of rotatable bonds is 6. The molecule has 2 heterocycles. The molecule has 1 N–H and O–H groups in total. The van der Waals surface area contributed by atoms with Crippen LogP contribution in [0.25, 0.3) is 11.0 Å². The number of fused-ring (bicyclic) bond motifs is 1. The second-order valence-corrected chi connectivity index (χ2v) is 7.21. The SMILES string of the molecule is COc1ccc(C(=O)[C@H]2CCCN(Cc3nc4ccccc4[nH]3)C2)c(OC)c1. The highest BCUT2D eigenvalue weighted by molar-refractivity contribution is 6.00. The topological polar surface area (TPSA) is 67.5 Å². The summed E-state index contributed by atoms with van der Waals surface area (Å²) in [5, 5.41) is 0. The third kappa shape index (κ3) is 3.73. The first-order chi connectivity index (χ1) is 13.7. The Balaban J connectivity index is 1.48. The number of H-pyrrole nitrogens is 1. The van der Waals surface area contributed by atoms with Gasteiger partial charge in [-0.25, -0.2) is 4.98 Å². The van der Waals surface area contributed by atoms with Crippen molar-refractivity contribution >= 4 is 16.8 Å². The van der Waals surface area contributed by atoms with Gasteiger partial charge in [0.15, 0.2) is 5.78 Å². The van der Waals surface area contributed by atoms with E-state index in [1.807, 2.05) is 30.3 Å². The van der Waals surface area contributed by atoms with Gasteiger partial charge in [0.05, 0.1) is 37.4 Å². The maximum atomic E-state index is 13.1. The molecule has 28 heavy (non-hydrogen) atoms. The maximum Gasteiger partial charge on any atom is 0.170 e. The van der Waals surface area contributed by atoms with Crippen LogP contribution in [0.5, 0.6) is 11.5 Å². The molecule has 0 amide bonds. The molecule has 1 fully saturated rings. The summed E-state index contributed by atoms with van der Waals surface area (Å²) in [7, 11) is 3.19. The molecule has 6 heteroatoms. The van der Waals surface area contributed by atoms with E-state index in [1.165, 1.54) is 0 Å².